The SMILES string of the molecule is CC(=O)O[C@@H]1O[C@H](COS(=O)(=O)O)[C@@H](OC(C)=O)[C@H]1OC(C)=O.NC(=O)c1cccnc1. The van der Waals surface area contributed by atoms with Crippen LogP contribution in [0.5, 0.6) is 0 Å². The van der Waals surface area contributed by atoms with Gasteiger partial charge in [-0.15, -0.1) is 0 Å². The second-order valence-corrected chi connectivity index (χ2v) is 7.21. The number of rotatable bonds is 7. The molecule has 0 unspecified atom stereocenters. The maximum atomic E-state index is 11.2. The Morgan fingerprint density at radius 3 is 2.03 bits per heavy atom. The van der Waals surface area contributed by atoms with Gasteiger partial charge < -0.3 is 24.7 Å². The van der Waals surface area contributed by atoms with Gasteiger partial charge in [0.1, 0.15) is 6.10 Å². The van der Waals surface area contributed by atoms with Gasteiger partial charge in [-0.25, -0.2) is 4.18 Å². The Kier molecular flexibility index (Phi) is 10.1. The highest BCUT2D eigenvalue weighted by Gasteiger charge is 2.51. The number of esters is 3. The highest BCUT2D eigenvalue weighted by Crippen LogP contribution is 2.28. The summed E-state index contributed by atoms with van der Waals surface area (Å²) in [6.45, 7) is 2.44. The molecule has 3 N–H and O–H groups in total. The Morgan fingerprint density at radius 2 is 1.62 bits per heavy atom. The largest absolute Gasteiger partial charge is 0.455 e. The van der Waals surface area contributed by atoms with Crippen molar-refractivity contribution in [3.05, 3.63) is 30.1 Å². The number of hydrogen-bond donors (Lipinski definition) is 2. The number of carbonyl (C=O) groups is 4. The van der Waals surface area contributed by atoms with Gasteiger partial charge in [0.15, 0.2) is 6.10 Å². The van der Waals surface area contributed by atoms with E-state index >= 15 is 0 Å². The molecule has 2 rings (SSSR count). The fourth-order valence-corrected chi connectivity index (χ4v) is 2.70. The topological polar surface area (TPSA) is 208 Å². The molecule has 2 heterocycles. The molecular formula is C17H22N2O12S. The van der Waals surface area contributed by atoms with E-state index in [0.29, 0.717) is 5.56 Å². The smallest absolute Gasteiger partial charge is 0.397 e. The van der Waals surface area contributed by atoms with Crippen molar-refractivity contribution in [1.29, 1.82) is 0 Å². The molecule has 0 aliphatic carbocycles. The van der Waals surface area contributed by atoms with Crippen molar-refractivity contribution in [2.75, 3.05) is 6.61 Å². The first kappa shape index (κ1) is 26.9. The summed E-state index contributed by atoms with van der Waals surface area (Å²) in [6.07, 6.45) is -2.31. The Balaban J connectivity index is 0.000000471. The predicted octanol–water partition coefficient (Wildman–Crippen LogP) is -0.862. The molecule has 178 valence electrons. The predicted molar refractivity (Wildman–Crippen MR) is 102 cm³/mol. The lowest BCUT2D eigenvalue weighted by molar-refractivity contribution is -0.196. The normalized spacial score (nSPS) is 22.1. The van der Waals surface area contributed by atoms with Crippen LogP contribution in [0.3, 0.4) is 0 Å². The zero-order chi connectivity index (χ0) is 24.5. The van der Waals surface area contributed by atoms with E-state index in [-0.39, 0.29) is 0 Å². The highest BCUT2D eigenvalue weighted by atomic mass is 32.3. The summed E-state index contributed by atoms with van der Waals surface area (Å²) in [5.74, 6) is -2.77. The lowest BCUT2D eigenvalue weighted by Gasteiger charge is -2.22. The van der Waals surface area contributed by atoms with Crippen LogP contribution < -0.4 is 5.73 Å². The fourth-order valence-electron chi connectivity index (χ4n) is 2.40. The molecule has 0 aromatic carbocycles. The van der Waals surface area contributed by atoms with Gasteiger partial charge in [0.25, 0.3) is 0 Å². The monoisotopic (exact) mass is 478 g/mol. The zero-order valence-corrected chi connectivity index (χ0v) is 18.0. The molecule has 0 radical (unpaired) electrons. The molecule has 1 fully saturated rings. The van der Waals surface area contributed by atoms with Crippen LogP contribution in [-0.2, 0) is 47.9 Å². The van der Waals surface area contributed by atoms with Crippen molar-refractivity contribution in [1.82, 2.24) is 4.98 Å². The Morgan fingerprint density at radius 1 is 1.06 bits per heavy atom. The van der Waals surface area contributed by atoms with Crippen molar-refractivity contribution in [2.24, 2.45) is 5.73 Å². The molecule has 1 saturated heterocycles. The van der Waals surface area contributed by atoms with Gasteiger partial charge in [-0.1, -0.05) is 0 Å². The van der Waals surface area contributed by atoms with Crippen LogP contribution in [-0.4, -0.2) is 73.0 Å². The number of primary amides is 1. The van der Waals surface area contributed by atoms with Crippen molar-refractivity contribution in [3.8, 4) is 0 Å². The summed E-state index contributed by atoms with van der Waals surface area (Å²) in [4.78, 5) is 47.5. The minimum atomic E-state index is -4.78. The van der Waals surface area contributed by atoms with E-state index in [1.165, 1.54) is 6.20 Å². The molecule has 1 amide bonds. The van der Waals surface area contributed by atoms with Gasteiger partial charge in [-0.05, 0) is 12.1 Å². The molecule has 4 atom stereocenters. The van der Waals surface area contributed by atoms with Crippen molar-refractivity contribution in [3.63, 3.8) is 0 Å². The van der Waals surface area contributed by atoms with Gasteiger partial charge in [-0.3, -0.25) is 28.7 Å². The second kappa shape index (κ2) is 12.0. The van der Waals surface area contributed by atoms with Crippen LogP contribution in [0, 0.1) is 0 Å². The van der Waals surface area contributed by atoms with Crippen LogP contribution in [0.4, 0.5) is 0 Å². The Bertz CT molecular complexity index is 921. The third-order valence-corrected chi connectivity index (χ3v) is 3.91. The van der Waals surface area contributed by atoms with Gasteiger partial charge in [0.2, 0.25) is 18.3 Å². The number of ether oxygens (including phenoxy) is 4. The van der Waals surface area contributed by atoms with Crippen LogP contribution >= 0.6 is 0 Å². The van der Waals surface area contributed by atoms with Gasteiger partial charge in [0, 0.05) is 33.2 Å². The van der Waals surface area contributed by atoms with Gasteiger partial charge in [0.05, 0.1) is 12.2 Å². The third-order valence-electron chi connectivity index (χ3n) is 3.48. The maximum absolute atomic E-state index is 11.2. The van der Waals surface area contributed by atoms with E-state index in [2.05, 4.69) is 9.17 Å². The molecule has 1 aromatic rings. The molecule has 0 saturated carbocycles. The lowest BCUT2D eigenvalue weighted by Crippen LogP contribution is -2.42. The Labute approximate surface area is 182 Å². The summed E-state index contributed by atoms with van der Waals surface area (Å²) in [6, 6.07) is 3.29. The highest BCUT2D eigenvalue weighted by molar-refractivity contribution is 7.80. The first-order chi connectivity index (χ1) is 14.8. The summed E-state index contributed by atoms with van der Waals surface area (Å²) < 4.78 is 53.9. The van der Waals surface area contributed by atoms with Gasteiger partial charge in [-0.2, -0.15) is 8.42 Å². The summed E-state index contributed by atoms with van der Waals surface area (Å²) >= 11 is 0. The average molecular weight is 478 g/mol. The molecule has 1 aliphatic heterocycles. The van der Waals surface area contributed by atoms with Crippen LogP contribution in [0.2, 0.25) is 0 Å². The van der Waals surface area contributed by atoms with E-state index in [4.69, 9.17) is 29.2 Å². The summed E-state index contributed by atoms with van der Waals surface area (Å²) in [5.41, 5.74) is 5.38. The fraction of sp³-hybridized carbons (Fsp3) is 0.471. The van der Waals surface area contributed by atoms with Crippen molar-refractivity contribution < 1.29 is 55.3 Å². The zero-order valence-electron chi connectivity index (χ0n) is 17.2. The quantitative estimate of drug-likeness (QED) is 0.278. The van der Waals surface area contributed by atoms with E-state index in [1.807, 2.05) is 0 Å². The Hall–Kier alpha value is -3.14. The lowest BCUT2D eigenvalue weighted by atomic mass is 10.1. The number of nitrogens with two attached hydrogens (primary N) is 1. The van der Waals surface area contributed by atoms with E-state index in [0.717, 1.165) is 20.8 Å². The third kappa shape index (κ3) is 9.78. The second-order valence-electron chi connectivity index (χ2n) is 6.12. The summed E-state index contributed by atoms with van der Waals surface area (Å²) in [5, 5.41) is 0. The number of nitrogens with zero attached hydrogens (tertiary/aromatic N) is 1. The van der Waals surface area contributed by atoms with Crippen molar-refractivity contribution in [2.45, 2.75) is 45.4 Å². The van der Waals surface area contributed by atoms with Crippen LogP contribution in [0.15, 0.2) is 24.5 Å². The number of amides is 1. The molecule has 14 nitrogen and oxygen atoms in total. The minimum Gasteiger partial charge on any atom is -0.455 e. The van der Waals surface area contributed by atoms with E-state index in [9.17, 15) is 27.6 Å². The maximum Gasteiger partial charge on any atom is 0.397 e. The van der Waals surface area contributed by atoms with Crippen LogP contribution in [0.1, 0.15) is 31.1 Å². The molecule has 15 heteroatoms. The first-order valence-electron chi connectivity index (χ1n) is 8.79. The number of hydrogen-bond acceptors (Lipinski definition) is 12. The molecule has 32 heavy (non-hydrogen) atoms. The molecule has 0 spiro atoms. The number of pyridine rings is 1. The average Bonchev–Trinajstić information content (AvgIpc) is 2.95. The van der Waals surface area contributed by atoms with Crippen LogP contribution in [0.25, 0.3) is 0 Å². The standard InChI is InChI=1S/C11H16O11S.C6H6N2O/c1-5(12)19-9-8(4-18-23(15,16)17)22-11(21-7(3)14)10(9)20-6(2)13;7-6(9)5-2-1-3-8-4-5/h8-11H,4H2,1-3H3,(H,15,16,17);1-4H,(H2,7,9)/t8-,9-,10-,11-;/m1./s1. The number of aromatic nitrogens is 1. The number of carbonyl (C=O) groups excluding carboxylic acids is 4. The van der Waals surface area contributed by atoms with E-state index in [1.54, 1.807) is 18.3 Å². The molecule has 1 aromatic heterocycles. The molecular weight excluding hydrogens is 456 g/mol. The molecule has 0 bridgehead atoms. The summed E-state index contributed by atoms with van der Waals surface area (Å²) in [7, 11) is -4.78. The first-order valence-corrected chi connectivity index (χ1v) is 10.2. The van der Waals surface area contributed by atoms with Crippen molar-refractivity contribution >= 4 is 34.2 Å². The van der Waals surface area contributed by atoms with E-state index < -0.39 is 65.4 Å². The minimum absolute atomic E-state index is 0.442. The van der Waals surface area contributed by atoms with Gasteiger partial charge >= 0.3 is 28.3 Å². The molecule has 1 aliphatic rings.